The number of hydrogen-bond acceptors (Lipinski definition) is 6. The minimum Gasteiger partial charge on any atom is -0.491 e. The van der Waals surface area contributed by atoms with Crippen molar-refractivity contribution in [1.29, 1.82) is 0 Å². The molecule has 0 radical (unpaired) electrons. The van der Waals surface area contributed by atoms with E-state index in [2.05, 4.69) is 5.48 Å². The van der Waals surface area contributed by atoms with Crippen LogP contribution >= 0.6 is 11.6 Å². The van der Waals surface area contributed by atoms with Gasteiger partial charge in [-0.2, -0.15) is 0 Å². The van der Waals surface area contributed by atoms with Gasteiger partial charge in [0.1, 0.15) is 12.4 Å². The molecule has 0 bridgehead atoms. The van der Waals surface area contributed by atoms with Crippen LogP contribution in [0.3, 0.4) is 0 Å². The van der Waals surface area contributed by atoms with Crippen LogP contribution in [0.15, 0.2) is 24.3 Å². The molecule has 8 heteroatoms. The van der Waals surface area contributed by atoms with E-state index in [4.69, 9.17) is 21.4 Å². The molecule has 5 atom stereocenters. The van der Waals surface area contributed by atoms with E-state index in [0.29, 0.717) is 36.5 Å². The maximum Gasteiger partial charge on any atom is 0.303 e. The van der Waals surface area contributed by atoms with E-state index >= 15 is 0 Å². The lowest BCUT2D eigenvalue weighted by molar-refractivity contribution is -0.137. The van der Waals surface area contributed by atoms with E-state index in [-0.39, 0.29) is 30.9 Å². The van der Waals surface area contributed by atoms with Crippen LogP contribution < -0.4 is 10.2 Å². The highest BCUT2D eigenvalue weighted by molar-refractivity contribution is 6.30. The summed E-state index contributed by atoms with van der Waals surface area (Å²) in [6.07, 6.45) is 4.91. The van der Waals surface area contributed by atoms with Gasteiger partial charge >= 0.3 is 5.97 Å². The zero-order chi connectivity index (χ0) is 21.9. The van der Waals surface area contributed by atoms with E-state index < -0.39 is 18.2 Å². The monoisotopic (exact) mass is 443 g/mol. The first-order chi connectivity index (χ1) is 14.4. The predicted molar refractivity (Wildman–Crippen MR) is 114 cm³/mol. The number of carbonyl (C=O) groups is 1. The molecule has 1 fully saturated rings. The average Bonchev–Trinajstić information content (AvgIpc) is 3.02. The SMILES string of the molecule is O=C(O)CCCCCC[C@H]1[C@@H](O)CC(NO)[C@@H]1CC[C@@H](O)COc1cccc(Cl)c1. The minimum absolute atomic E-state index is 0.0511. The van der Waals surface area contributed by atoms with Gasteiger partial charge in [-0.1, -0.05) is 36.9 Å². The summed E-state index contributed by atoms with van der Waals surface area (Å²) < 4.78 is 5.59. The largest absolute Gasteiger partial charge is 0.491 e. The van der Waals surface area contributed by atoms with Gasteiger partial charge in [0, 0.05) is 17.5 Å². The fourth-order valence-electron chi connectivity index (χ4n) is 4.39. The van der Waals surface area contributed by atoms with Crippen LogP contribution in [0.4, 0.5) is 0 Å². The molecule has 7 nitrogen and oxygen atoms in total. The number of nitrogens with one attached hydrogen (secondary N) is 1. The number of rotatable bonds is 14. The number of aliphatic carboxylic acids is 1. The van der Waals surface area contributed by atoms with Gasteiger partial charge in [0.15, 0.2) is 0 Å². The predicted octanol–water partition coefficient (Wildman–Crippen LogP) is 3.63. The van der Waals surface area contributed by atoms with Crippen molar-refractivity contribution in [3.8, 4) is 5.75 Å². The Balaban J connectivity index is 1.76. The first kappa shape index (κ1) is 24.9. The molecule has 0 saturated heterocycles. The van der Waals surface area contributed by atoms with Crippen LogP contribution in [0, 0.1) is 11.8 Å². The number of hydrogen-bond donors (Lipinski definition) is 5. The first-order valence-electron chi connectivity index (χ1n) is 10.8. The van der Waals surface area contributed by atoms with Crippen molar-refractivity contribution in [2.24, 2.45) is 11.8 Å². The molecular weight excluding hydrogens is 410 g/mol. The number of unbranched alkanes of at least 4 members (excludes halogenated alkanes) is 3. The van der Waals surface area contributed by atoms with Crippen molar-refractivity contribution in [3.63, 3.8) is 0 Å². The summed E-state index contributed by atoms with van der Waals surface area (Å²) in [5.74, 6) is -0.0513. The molecule has 0 spiro atoms. The van der Waals surface area contributed by atoms with Crippen LogP contribution in [0.2, 0.25) is 5.02 Å². The number of carboxylic acids is 1. The molecule has 0 aliphatic heterocycles. The molecule has 1 aromatic carbocycles. The number of carboxylic acid groups (broad SMARTS) is 1. The number of aliphatic hydroxyl groups is 2. The molecule has 1 aliphatic rings. The van der Waals surface area contributed by atoms with Crippen LogP contribution in [-0.2, 0) is 4.79 Å². The second-order valence-corrected chi connectivity index (χ2v) is 8.65. The molecule has 170 valence electrons. The van der Waals surface area contributed by atoms with Crippen molar-refractivity contribution >= 4 is 17.6 Å². The van der Waals surface area contributed by atoms with Gasteiger partial charge in [-0.25, -0.2) is 5.48 Å². The fourth-order valence-corrected chi connectivity index (χ4v) is 4.57. The highest BCUT2D eigenvalue weighted by Crippen LogP contribution is 2.39. The highest BCUT2D eigenvalue weighted by Gasteiger charge is 2.41. The summed E-state index contributed by atoms with van der Waals surface area (Å²) in [4.78, 5) is 10.6. The number of benzene rings is 1. The second-order valence-electron chi connectivity index (χ2n) is 8.21. The normalized spacial score (nSPS) is 24.7. The van der Waals surface area contributed by atoms with E-state index in [1.54, 1.807) is 24.3 Å². The highest BCUT2D eigenvalue weighted by atomic mass is 35.5. The number of halogens is 1. The Morgan fingerprint density at radius 3 is 2.67 bits per heavy atom. The Hall–Kier alpha value is -1.38. The number of ether oxygens (including phenoxy) is 1. The van der Waals surface area contributed by atoms with Crippen molar-refractivity contribution in [2.45, 2.75) is 76.0 Å². The summed E-state index contributed by atoms with van der Waals surface area (Å²) in [6, 6.07) is 6.82. The number of aliphatic hydroxyl groups excluding tert-OH is 2. The topological polar surface area (TPSA) is 119 Å². The third-order valence-corrected chi connectivity index (χ3v) is 6.21. The van der Waals surface area contributed by atoms with Gasteiger partial charge in [-0.15, -0.1) is 0 Å². The summed E-state index contributed by atoms with van der Waals surface area (Å²) in [5, 5.41) is 39.5. The van der Waals surface area contributed by atoms with Gasteiger partial charge in [0.2, 0.25) is 0 Å². The Bertz CT molecular complexity index is 646. The minimum atomic E-state index is -0.768. The van der Waals surface area contributed by atoms with Gasteiger partial charge in [0.25, 0.3) is 0 Å². The maximum atomic E-state index is 10.6. The van der Waals surface area contributed by atoms with E-state index in [1.807, 2.05) is 0 Å². The van der Waals surface area contributed by atoms with Crippen molar-refractivity contribution < 1.29 is 30.1 Å². The Morgan fingerprint density at radius 2 is 1.97 bits per heavy atom. The second kappa shape index (κ2) is 13.1. The lowest BCUT2D eigenvalue weighted by atomic mass is 9.84. The van der Waals surface area contributed by atoms with Gasteiger partial charge in [-0.05, 0) is 62.1 Å². The van der Waals surface area contributed by atoms with Crippen LogP contribution in [0.5, 0.6) is 5.75 Å². The van der Waals surface area contributed by atoms with Crippen LogP contribution in [0.25, 0.3) is 0 Å². The maximum absolute atomic E-state index is 10.6. The number of hydroxylamine groups is 1. The molecule has 1 aromatic rings. The lowest BCUT2D eigenvalue weighted by Crippen LogP contribution is -2.33. The first-order valence-corrected chi connectivity index (χ1v) is 11.1. The molecule has 2 rings (SSSR count). The smallest absolute Gasteiger partial charge is 0.303 e. The van der Waals surface area contributed by atoms with Gasteiger partial charge in [-0.3, -0.25) is 4.79 Å². The quantitative estimate of drug-likeness (QED) is 0.220. The standard InChI is InChI=1S/C22H34ClNO6/c23-15-6-5-7-17(12-15)30-14-16(25)10-11-18-19(21(26)13-20(18)24-29)8-3-1-2-4-9-22(27)28/h5-7,12,16,18-21,24-26,29H,1-4,8-11,13-14H2,(H,27,28)/t16-,18-,19-,20?,21+/m1/s1. The molecule has 0 amide bonds. The van der Waals surface area contributed by atoms with Crippen molar-refractivity contribution in [3.05, 3.63) is 29.3 Å². The molecule has 1 unspecified atom stereocenters. The molecule has 1 saturated carbocycles. The lowest BCUT2D eigenvalue weighted by Gasteiger charge is -2.26. The fraction of sp³-hybridized carbons (Fsp3) is 0.682. The van der Waals surface area contributed by atoms with E-state index in [9.17, 15) is 20.2 Å². The van der Waals surface area contributed by atoms with Crippen LogP contribution in [-0.4, -0.2) is 51.4 Å². The Labute approximate surface area is 183 Å². The molecular formula is C22H34ClNO6. The zero-order valence-corrected chi connectivity index (χ0v) is 18.0. The van der Waals surface area contributed by atoms with Crippen molar-refractivity contribution in [1.82, 2.24) is 5.48 Å². The Morgan fingerprint density at radius 1 is 1.20 bits per heavy atom. The van der Waals surface area contributed by atoms with Crippen LogP contribution in [0.1, 0.15) is 57.8 Å². The summed E-state index contributed by atoms with van der Waals surface area (Å²) >= 11 is 5.93. The molecule has 0 heterocycles. The van der Waals surface area contributed by atoms with Crippen molar-refractivity contribution in [2.75, 3.05) is 6.61 Å². The van der Waals surface area contributed by atoms with Gasteiger partial charge < -0.3 is 25.3 Å². The average molecular weight is 444 g/mol. The Kier molecular flexibility index (Phi) is 10.9. The third kappa shape index (κ3) is 8.40. The van der Waals surface area contributed by atoms with E-state index in [1.165, 1.54) is 0 Å². The molecule has 30 heavy (non-hydrogen) atoms. The molecule has 0 aromatic heterocycles. The summed E-state index contributed by atoms with van der Waals surface area (Å²) in [5.41, 5.74) is 2.33. The summed E-state index contributed by atoms with van der Waals surface area (Å²) in [7, 11) is 0. The summed E-state index contributed by atoms with van der Waals surface area (Å²) in [6.45, 7) is 0.154. The third-order valence-electron chi connectivity index (χ3n) is 5.97. The zero-order valence-electron chi connectivity index (χ0n) is 17.3. The van der Waals surface area contributed by atoms with E-state index in [0.717, 1.165) is 25.7 Å². The molecule has 1 aliphatic carbocycles. The van der Waals surface area contributed by atoms with Gasteiger partial charge in [0.05, 0.1) is 12.2 Å². The molecule has 5 N–H and O–H groups in total.